The maximum Gasteiger partial charge on any atom is 0.307 e. The summed E-state index contributed by atoms with van der Waals surface area (Å²) in [7, 11) is 1.29. The van der Waals surface area contributed by atoms with Crippen molar-refractivity contribution in [3.63, 3.8) is 0 Å². The maximum absolute atomic E-state index is 12.1. The van der Waals surface area contributed by atoms with Crippen molar-refractivity contribution in [1.82, 2.24) is 10.6 Å². The highest BCUT2D eigenvalue weighted by atomic mass is 16.5. The van der Waals surface area contributed by atoms with Crippen LogP contribution in [0.2, 0.25) is 0 Å². The number of hydrogen-bond donors (Lipinski definition) is 2. The van der Waals surface area contributed by atoms with Crippen molar-refractivity contribution in [3.05, 3.63) is 60.2 Å². The SMILES string of the molecule is COC(=O)CC(C)NC(=O)CNC(=O)c1ccc(-c2ccccc2)cc1. The normalized spacial score (nSPS) is 11.3. The number of amides is 2. The second kappa shape index (κ2) is 9.36. The van der Waals surface area contributed by atoms with Gasteiger partial charge in [0, 0.05) is 11.6 Å². The fourth-order valence-electron chi connectivity index (χ4n) is 2.42. The summed E-state index contributed by atoms with van der Waals surface area (Å²) in [4.78, 5) is 35.1. The van der Waals surface area contributed by atoms with Gasteiger partial charge in [-0.25, -0.2) is 0 Å². The first-order valence-electron chi connectivity index (χ1n) is 8.29. The van der Waals surface area contributed by atoms with Crippen molar-refractivity contribution >= 4 is 17.8 Å². The molecule has 0 saturated heterocycles. The topological polar surface area (TPSA) is 84.5 Å². The molecule has 26 heavy (non-hydrogen) atoms. The number of carbonyl (C=O) groups is 3. The predicted octanol–water partition coefficient (Wildman–Crippen LogP) is 2.15. The van der Waals surface area contributed by atoms with Gasteiger partial charge < -0.3 is 15.4 Å². The van der Waals surface area contributed by atoms with E-state index in [1.807, 2.05) is 42.5 Å². The molecule has 0 aliphatic rings. The standard InChI is InChI=1S/C20H22N2O4/c1-14(12-19(24)26-2)22-18(23)13-21-20(25)17-10-8-16(9-11-17)15-6-4-3-5-7-15/h3-11,14H,12-13H2,1-2H3,(H,21,25)(H,22,23). The van der Waals surface area contributed by atoms with Gasteiger partial charge in [0.15, 0.2) is 0 Å². The molecule has 2 N–H and O–H groups in total. The number of esters is 1. The minimum atomic E-state index is -0.402. The Morgan fingerprint density at radius 1 is 0.962 bits per heavy atom. The first kappa shape index (κ1) is 19.2. The van der Waals surface area contributed by atoms with Crippen molar-refractivity contribution in [2.75, 3.05) is 13.7 Å². The molecule has 2 aromatic rings. The fraction of sp³-hybridized carbons (Fsp3) is 0.250. The number of hydrogen-bond acceptors (Lipinski definition) is 4. The Bertz CT molecular complexity index is 757. The molecule has 2 aromatic carbocycles. The number of carbonyl (C=O) groups excluding carboxylic acids is 3. The van der Waals surface area contributed by atoms with E-state index < -0.39 is 5.97 Å². The van der Waals surface area contributed by atoms with Gasteiger partial charge in [-0.05, 0) is 30.2 Å². The first-order chi connectivity index (χ1) is 12.5. The molecule has 6 nitrogen and oxygen atoms in total. The highest BCUT2D eigenvalue weighted by molar-refractivity contribution is 5.96. The first-order valence-corrected chi connectivity index (χ1v) is 8.29. The van der Waals surface area contributed by atoms with Gasteiger partial charge in [-0.1, -0.05) is 42.5 Å². The van der Waals surface area contributed by atoms with E-state index in [9.17, 15) is 14.4 Å². The summed E-state index contributed by atoms with van der Waals surface area (Å²) in [5, 5.41) is 5.19. The molecule has 2 amide bonds. The summed E-state index contributed by atoms with van der Waals surface area (Å²) in [5.74, 6) is -1.10. The number of nitrogens with one attached hydrogen (secondary N) is 2. The number of benzene rings is 2. The molecular formula is C20H22N2O4. The van der Waals surface area contributed by atoms with Gasteiger partial charge in [0.25, 0.3) is 5.91 Å². The molecule has 0 aromatic heterocycles. The Morgan fingerprint density at radius 2 is 1.58 bits per heavy atom. The van der Waals surface area contributed by atoms with Crippen LogP contribution in [0.15, 0.2) is 54.6 Å². The molecule has 0 radical (unpaired) electrons. The minimum Gasteiger partial charge on any atom is -0.469 e. The zero-order valence-corrected chi connectivity index (χ0v) is 14.8. The van der Waals surface area contributed by atoms with Crippen LogP contribution < -0.4 is 10.6 Å². The number of rotatable bonds is 7. The van der Waals surface area contributed by atoms with Gasteiger partial charge in [-0.15, -0.1) is 0 Å². The van der Waals surface area contributed by atoms with Crippen molar-refractivity contribution < 1.29 is 19.1 Å². The third-order valence-electron chi connectivity index (χ3n) is 3.77. The van der Waals surface area contributed by atoms with Crippen LogP contribution in [0.5, 0.6) is 0 Å². The lowest BCUT2D eigenvalue weighted by atomic mass is 10.0. The van der Waals surface area contributed by atoms with Crippen LogP contribution in [0, 0.1) is 0 Å². The summed E-state index contributed by atoms with van der Waals surface area (Å²) >= 11 is 0. The van der Waals surface area contributed by atoms with Gasteiger partial charge in [0.1, 0.15) is 0 Å². The van der Waals surface area contributed by atoms with Crippen LogP contribution in [0.1, 0.15) is 23.7 Å². The quantitative estimate of drug-likeness (QED) is 0.746. The van der Waals surface area contributed by atoms with E-state index in [1.54, 1.807) is 19.1 Å². The molecule has 6 heteroatoms. The Kier molecular flexibility index (Phi) is 6.91. The lowest BCUT2D eigenvalue weighted by molar-refractivity contribution is -0.141. The zero-order valence-electron chi connectivity index (χ0n) is 14.8. The van der Waals surface area contributed by atoms with Gasteiger partial charge >= 0.3 is 5.97 Å². The van der Waals surface area contributed by atoms with Crippen LogP contribution >= 0.6 is 0 Å². The van der Waals surface area contributed by atoms with Gasteiger partial charge in [0.2, 0.25) is 5.91 Å². The Labute approximate surface area is 152 Å². The molecule has 1 atom stereocenters. The van der Waals surface area contributed by atoms with Crippen LogP contribution in [0.4, 0.5) is 0 Å². The molecule has 0 aliphatic carbocycles. The van der Waals surface area contributed by atoms with Crippen LogP contribution in [-0.2, 0) is 14.3 Å². The smallest absolute Gasteiger partial charge is 0.307 e. The molecule has 136 valence electrons. The molecule has 0 bridgehead atoms. The van der Waals surface area contributed by atoms with Crippen molar-refractivity contribution in [2.24, 2.45) is 0 Å². The van der Waals surface area contributed by atoms with Gasteiger partial charge in [-0.3, -0.25) is 14.4 Å². The fourth-order valence-corrected chi connectivity index (χ4v) is 2.42. The molecule has 0 fully saturated rings. The second-order valence-electron chi connectivity index (χ2n) is 5.87. The van der Waals surface area contributed by atoms with E-state index in [-0.39, 0.29) is 30.8 Å². The summed E-state index contributed by atoms with van der Waals surface area (Å²) in [5.41, 5.74) is 2.55. The summed E-state index contributed by atoms with van der Waals surface area (Å²) in [6.07, 6.45) is 0.0805. The molecule has 0 heterocycles. The predicted molar refractivity (Wildman–Crippen MR) is 98.4 cm³/mol. The lowest BCUT2D eigenvalue weighted by Crippen LogP contribution is -2.41. The number of ether oxygens (including phenoxy) is 1. The van der Waals surface area contributed by atoms with Crippen LogP contribution in [0.3, 0.4) is 0 Å². The summed E-state index contributed by atoms with van der Waals surface area (Å²) in [6.45, 7) is 1.53. The summed E-state index contributed by atoms with van der Waals surface area (Å²) in [6, 6.07) is 16.6. The molecular weight excluding hydrogens is 332 g/mol. The van der Waals surface area contributed by atoms with Crippen molar-refractivity contribution in [2.45, 2.75) is 19.4 Å². The minimum absolute atomic E-state index is 0.0805. The van der Waals surface area contributed by atoms with Crippen molar-refractivity contribution in [3.8, 4) is 11.1 Å². The van der Waals surface area contributed by atoms with E-state index in [4.69, 9.17) is 0 Å². The van der Waals surface area contributed by atoms with Gasteiger partial charge in [0.05, 0.1) is 20.1 Å². The highest BCUT2D eigenvalue weighted by Crippen LogP contribution is 2.19. The van der Waals surface area contributed by atoms with E-state index in [2.05, 4.69) is 15.4 Å². The van der Waals surface area contributed by atoms with Gasteiger partial charge in [-0.2, -0.15) is 0 Å². The molecule has 0 saturated carbocycles. The average Bonchev–Trinajstić information content (AvgIpc) is 2.66. The third-order valence-corrected chi connectivity index (χ3v) is 3.77. The van der Waals surface area contributed by atoms with E-state index in [0.717, 1.165) is 11.1 Å². The molecule has 0 aliphatic heterocycles. The Morgan fingerprint density at radius 3 is 2.19 bits per heavy atom. The Balaban J connectivity index is 1.84. The largest absolute Gasteiger partial charge is 0.469 e. The molecule has 2 rings (SSSR count). The van der Waals surface area contributed by atoms with Crippen LogP contribution in [0.25, 0.3) is 11.1 Å². The lowest BCUT2D eigenvalue weighted by Gasteiger charge is -2.13. The van der Waals surface area contributed by atoms with E-state index in [1.165, 1.54) is 7.11 Å². The monoisotopic (exact) mass is 354 g/mol. The van der Waals surface area contributed by atoms with Crippen molar-refractivity contribution in [1.29, 1.82) is 0 Å². The van der Waals surface area contributed by atoms with Crippen LogP contribution in [-0.4, -0.2) is 37.5 Å². The zero-order chi connectivity index (χ0) is 18.9. The summed E-state index contributed by atoms with van der Waals surface area (Å²) < 4.78 is 4.54. The highest BCUT2D eigenvalue weighted by Gasteiger charge is 2.13. The molecule has 1 unspecified atom stereocenters. The van der Waals surface area contributed by atoms with E-state index in [0.29, 0.717) is 5.56 Å². The molecule has 0 spiro atoms. The maximum atomic E-state index is 12.1. The van der Waals surface area contributed by atoms with E-state index >= 15 is 0 Å². The third kappa shape index (κ3) is 5.73. The second-order valence-corrected chi connectivity index (χ2v) is 5.87. The average molecular weight is 354 g/mol. The number of methoxy groups -OCH3 is 1. The Hall–Kier alpha value is -3.15.